The van der Waals surface area contributed by atoms with E-state index in [4.69, 9.17) is 15.5 Å². The van der Waals surface area contributed by atoms with Crippen LogP contribution in [0.25, 0.3) is 22.4 Å². The summed E-state index contributed by atoms with van der Waals surface area (Å²) in [5, 5.41) is 0. The fourth-order valence-corrected chi connectivity index (χ4v) is 3.27. The van der Waals surface area contributed by atoms with Crippen LogP contribution in [0.15, 0.2) is 72.8 Å². The second-order valence-corrected chi connectivity index (χ2v) is 6.64. The van der Waals surface area contributed by atoms with E-state index in [-0.39, 0.29) is 0 Å². The first-order valence-electron chi connectivity index (χ1n) is 9.19. The number of hydrogen-bond acceptors (Lipinski definition) is 3. The Bertz CT molecular complexity index is 1050. The first-order chi connectivity index (χ1) is 13.2. The van der Waals surface area contributed by atoms with Crippen LogP contribution < -0.4 is 10.5 Å². The average molecular weight is 357 g/mol. The highest BCUT2D eigenvalue weighted by Crippen LogP contribution is 2.25. The minimum absolute atomic E-state index is 0.543. The first kappa shape index (κ1) is 17.3. The SMILES string of the molecule is Cc1cccc(OCCn2c(-c3ccc(CN)cc3)nc3ccccc32)c1. The molecule has 1 aromatic heterocycles. The monoisotopic (exact) mass is 357 g/mol. The largest absolute Gasteiger partial charge is 0.492 e. The van der Waals surface area contributed by atoms with Gasteiger partial charge in [0.05, 0.1) is 17.6 Å². The van der Waals surface area contributed by atoms with Crippen molar-refractivity contribution in [1.82, 2.24) is 9.55 Å². The van der Waals surface area contributed by atoms with Crippen LogP contribution in [0.1, 0.15) is 11.1 Å². The third kappa shape index (κ3) is 3.71. The molecule has 0 aliphatic rings. The van der Waals surface area contributed by atoms with Crippen LogP contribution in [-0.2, 0) is 13.1 Å². The van der Waals surface area contributed by atoms with Crippen molar-refractivity contribution in [1.29, 1.82) is 0 Å². The van der Waals surface area contributed by atoms with Crippen molar-refractivity contribution < 1.29 is 4.74 Å². The van der Waals surface area contributed by atoms with E-state index in [1.165, 1.54) is 5.56 Å². The Hall–Kier alpha value is -3.11. The number of ether oxygens (including phenoxy) is 1. The molecule has 0 saturated carbocycles. The lowest BCUT2D eigenvalue weighted by atomic mass is 10.1. The fraction of sp³-hybridized carbons (Fsp3) is 0.174. The van der Waals surface area contributed by atoms with Crippen LogP contribution in [0.5, 0.6) is 5.75 Å². The molecular weight excluding hydrogens is 334 g/mol. The molecule has 0 atom stereocenters. The molecule has 136 valence electrons. The zero-order valence-electron chi connectivity index (χ0n) is 15.4. The highest BCUT2D eigenvalue weighted by molar-refractivity contribution is 5.80. The van der Waals surface area contributed by atoms with Crippen LogP contribution >= 0.6 is 0 Å². The average Bonchev–Trinajstić information content (AvgIpc) is 3.07. The molecule has 0 spiro atoms. The standard InChI is InChI=1S/C23H23N3O/c1-17-5-4-6-20(15-17)27-14-13-26-22-8-3-2-7-21(22)25-23(26)19-11-9-18(16-24)10-12-19/h2-12,15H,13-14,16,24H2,1H3. The van der Waals surface area contributed by atoms with Crippen LogP contribution in [0.3, 0.4) is 0 Å². The summed E-state index contributed by atoms with van der Waals surface area (Å²) in [5.41, 5.74) is 11.2. The van der Waals surface area contributed by atoms with Crippen molar-refractivity contribution in [2.24, 2.45) is 5.73 Å². The molecule has 4 rings (SSSR count). The molecule has 0 bridgehead atoms. The number of aromatic nitrogens is 2. The minimum Gasteiger partial charge on any atom is -0.492 e. The van der Waals surface area contributed by atoms with Gasteiger partial charge in [0.25, 0.3) is 0 Å². The van der Waals surface area contributed by atoms with E-state index in [2.05, 4.69) is 54.0 Å². The summed E-state index contributed by atoms with van der Waals surface area (Å²) in [4.78, 5) is 4.85. The molecule has 27 heavy (non-hydrogen) atoms. The molecule has 4 heteroatoms. The maximum Gasteiger partial charge on any atom is 0.141 e. The fourth-order valence-electron chi connectivity index (χ4n) is 3.27. The van der Waals surface area contributed by atoms with Gasteiger partial charge in [-0.05, 0) is 42.3 Å². The third-order valence-electron chi connectivity index (χ3n) is 4.68. The lowest BCUT2D eigenvalue weighted by Crippen LogP contribution is -2.09. The van der Waals surface area contributed by atoms with Crippen LogP contribution in [0.4, 0.5) is 0 Å². The van der Waals surface area contributed by atoms with Gasteiger partial charge in [0, 0.05) is 12.1 Å². The van der Waals surface area contributed by atoms with Crippen molar-refractivity contribution in [2.75, 3.05) is 6.61 Å². The van der Waals surface area contributed by atoms with Gasteiger partial charge in [-0.1, -0.05) is 48.5 Å². The summed E-state index contributed by atoms with van der Waals surface area (Å²) in [6, 6.07) is 24.6. The van der Waals surface area contributed by atoms with Crippen LogP contribution in [0.2, 0.25) is 0 Å². The Morgan fingerprint density at radius 2 is 1.78 bits per heavy atom. The quantitative estimate of drug-likeness (QED) is 0.551. The van der Waals surface area contributed by atoms with Crippen molar-refractivity contribution in [3.8, 4) is 17.1 Å². The Balaban J connectivity index is 1.63. The Morgan fingerprint density at radius 1 is 0.963 bits per heavy atom. The number of aryl methyl sites for hydroxylation is 1. The molecular formula is C23H23N3O. The molecule has 2 N–H and O–H groups in total. The molecule has 0 fully saturated rings. The maximum absolute atomic E-state index is 5.97. The molecule has 3 aromatic carbocycles. The number of nitrogens with two attached hydrogens (primary N) is 1. The lowest BCUT2D eigenvalue weighted by Gasteiger charge is -2.11. The molecule has 0 saturated heterocycles. The van der Waals surface area contributed by atoms with Crippen molar-refractivity contribution >= 4 is 11.0 Å². The number of imidazole rings is 1. The second-order valence-electron chi connectivity index (χ2n) is 6.64. The zero-order valence-corrected chi connectivity index (χ0v) is 15.4. The molecule has 4 aromatic rings. The van der Waals surface area contributed by atoms with Gasteiger partial charge in [-0.25, -0.2) is 4.98 Å². The Labute approximate surface area is 159 Å². The summed E-state index contributed by atoms with van der Waals surface area (Å²) in [6.45, 7) is 3.92. The number of para-hydroxylation sites is 2. The molecule has 0 unspecified atom stereocenters. The van der Waals surface area contributed by atoms with Crippen molar-refractivity contribution in [3.05, 3.63) is 83.9 Å². The van der Waals surface area contributed by atoms with Gasteiger partial charge in [-0.3, -0.25) is 0 Å². The van der Waals surface area contributed by atoms with Crippen LogP contribution in [0, 0.1) is 6.92 Å². The van der Waals surface area contributed by atoms with E-state index in [0.29, 0.717) is 13.2 Å². The number of benzene rings is 3. The minimum atomic E-state index is 0.543. The first-order valence-corrected chi connectivity index (χ1v) is 9.19. The summed E-state index contributed by atoms with van der Waals surface area (Å²) >= 11 is 0. The smallest absolute Gasteiger partial charge is 0.141 e. The highest BCUT2D eigenvalue weighted by Gasteiger charge is 2.12. The molecule has 1 heterocycles. The Morgan fingerprint density at radius 3 is 2.56 bits per heavy atom. The van der Waals surface area contributed by atoms with Crippen LogP contribution in [-0.4, -0.2) is 16.2 Å². The summed E-state index contributed by atoms with van der Waals surface area (Å²) < 4.78 is 8.20. The maximum atomic E-state index is 5.97. The molecule has 0 aliphatic carbocycles. The molecule has 4 nitrogen and oxygen atoms in total. The van der Waals surface area contributed by atoms with Gasteiger partial charge in [0.1, 0.15) is 18.2 Å². The molecule has 0 aliphatic heterocycles. The van der Waals surface area contributed by atoms with Gasteiger partial charge in [0.15, 0.2) is 0 Å². The van der Waals surface area contributed by atoms with E-state index in [9.17, 15) is 0 Å². The van der Waals surface area contributed by atoms with E-state index in [1.54, 1.807) is 0 Å². The lowest BCUT2D eigenvalue weighted by molar-refractivity contribution is 0.300. The molecule has 0 radical (unpaired) electrons. The second kappa shape index (κ2) is 7.64. The number of fused-ring (bicyclic) bond motifs is 1. The van der Waals surface area contributed by atoms with E-state index in [1.807, 2.05) is 30.3 Å². The van der Waals surface area contributed by atoms with Crippen molar-refractivity contribution in [2.45, 2.75) is 20.0 Å². The van der Waals surface area contributed by atoms with E-state index in [0.717, 1.165) is 40.3 Å². The van der Waals surface area contributed by atoms with Gasteiger partial charge < -0.3 is 15.0 Å². The van der Waals surface area contributed by atoms with Gasteiger partial charge in [-0.15, -0.1) is 0 Å². The summed E-state index contributed by atoms with van der Waals surface area (Å²) in [5.74, 6) is 1.85. The van der Waals surface area contributed by atoms with Gasteiger partial charge >= 0.3 is 0 Å². The highest BCUT2D eigenvalue weighted by atomic mass is 16.5. The Kier molecular flexibility index (Phi) is 4.90. The van der Waals surface area contributed by atoms with E-state index < -0.39 is 0 Å². The normalized spacial score (nSPS) is 11.0. The summed E-state index contributed by atoms with van der Waals surface area (Å²) in [6.07, 6.45) is 0. The van der Waals surface area contributed by atoms with Gasteiger partial charge in [-0.2, -0.15) is 0 Å². The predicted octanol–water partition coefficient (Wildman–Crippen LogP) is 4.55. The van der Waals surface area contributed by atoms with Gasteiger partial charge in [0.2, 0.25) is 0 Å². The molecule has 0 amide bonds. The topological polar surface area (TPSA) is 53.1 Å². The number of nitrogens with zero attached hydrogens (tertiary/aromatic N) is 2. The van der Waals surface area contributed by atoms with Crippen molar-refractivity contribution in [3.63, 3.8) is 0 Å². The zero-order chi connectivity index (χ0) is 18.6. The number of hydrogen-bond donors (Lipinski definition) is 1. The summed E-state index contributed by atoms with van der Waals surface area (Å²) in [7, 11) is 0. The third-order valence-corrected chi connectivity index (χ3v) is 4.68. The predicted molar refractivity (Wildman–Crippen MR) is 110 cm³/mol. The van der Waals surface area contributed by atoms with E-state index >= 15 is 0 Å². The number of rotatable bonds is 6.